The minimum atomic E-state index is -0.0985. The molecule has 2 heterocycles. The summed E-state index contributed by atoms with van der Waals surface area (Å²) in [5.41, 5.74) is 2.78. The Hall–Kier alpha value is -2.21. The number of ether oxygens (including phenoxy) is 3. The minimum absolute atomic E-state index is 0.0170. The zero-order chi connectivity index (χ0) is 17.4. The summed E-state index contributed by atoms with van der Waals surface area (Å²) in [6.45, 7) is 3.57. The normalized spacial score (nSPS) is 18.3. The predicted octanol–water partition coefficient (Wildman–Crippen LogP) is 4.09. The number of hydrogen-bond donors (Lipinski definition) is 1. The number of carbonyl (C=O) groups is 1. The monoisotopic (exact) mass is 403 g/mol. The maximum absolute atomic E-state index is 12.3. The van der Waals surface area contributed by atoms with E-state index in [4.69, 9.17) is 14.2 Å². The highest BCUT2D eigenvalue weighted by atomic mass is 79.9. The molecule has 2 aromatic rings. The second kappa shape index (κ2) is 6.59. The van der Waals surface area contributed by atoms with Gasteiger partial charge < -0.3 is 19.5 Å². The lowest BCUT2D eigenvalue weighted by molar-refractivity contribution is -0.116. The quantitative estimate of drug-likeness (QED) is 0.837. The van der Waals surface area contributed by atoms with E-state index >= 15 is 0 Å². The fourth-order valence-corrected chi connectivity index (χ4v) is 3.73. The molecule has 0 radical (unpaired) electrons. The number of halogens is 1. The summed E-state index contributed by atoms with van der Waals surface area (Å²) in [5, 5.41) is 2.95. The van der Waals surface area contributed by atoms with Gasteiger partial charge in [-0.25, -0.2) is 0 Å². The molecule has 1 amide bonds. The molecule has 0 spiro atoms. The highest BCUT2D eigenvalue weighted by Crippen LogP contribution is 2.46. The Morgan fingerprint density at radius 2 is 1.92 bits per heavy atom. The Morgan fingerprint density at radius 3 is 2.68 bits per heavy atom. The third kappa shape index (κ3) is 3.06. The average Bonchev–Trinajstić information content (AvgIpc) is 2.61. The first-order chi connectivity index (χ1) is 12.2. The summed E-state index contributed by atoms with van der Waals surface area (Å²) >= 11 is 3.53. The lowest BCUT2D eigenvalue weighted by Crippen LogP contribution is -2.25. The first-order valence-corrected chi connectivity index (χ1v) is 9.10. The highest BCUT2D eigenvalue weighted by Gasteiger charge is 2.31. The number of carbonyl (C=O) groups excluding carboxylic acids is 1. The molecule has 2 aliphatic heterocycles. The average molecular weight is 404 g/mol. The summed E-state index contributed by atoms with van der Waals surface area (Å²) in [6, 6.07) is 9.74. The number of anilines is 1. The van der Waals surface area contributed by atoms with Crippen molar-refractivity contribution < 1.29 is 19.0 Å². The lowest BCUT2D eigenvalue weighted by Gasteiger charge is -2.29. The van der Waals surface area contributed by atoms with E-state index < -0.39 is 0 Å². The van der Waals surface area contributed by atoms with Gasteiger partial charge in [-0.1, -0.05) is 15.9 Å². The van der Waals surface area contributed by atoms with E-state index in [1.54, 1.807) is 0 Å². The topological polar surface area (TPSA) is 56.8 Å². The number of hydrogen-bond acceptors (Lipinski definition) is 4. The molecule has 0 aliphatic carbocycles. The van der Waals surface area contributed by atoms with Gasteiger partial charge in [-0.05, 0) is 36.8 Å². The van der Waals surface area contributed by atoms with Crippen molar-refractivity contribution in [1.82, 2.24) is 0 Å². The fraction of sp³-hybridized carbons (Fsp3) is 0.316. The van der Waals surface area contributed by atoms with Crippen LogP contribution in [0.4, 0.5) is 5.69 Å². The molecular weight excluding hydrogens is 386 g/mol. The van der Waals surface area contributed by atoms with Gasteiger partial charge in [0.15, 0.2) is 11.5 Å². The van der Waals surface area contributed by atoms with Gasteiger partial charge in [0.05, 0.1) is 6.61 Å². The molecule has 5 nitrogen and oxygen atoms in total. The van der Waals surface area contributed by atoms with Gasteiger partial charge in [-0.3, -0.25) is 4.79 Å². The van der Waals surface area contributed by atoms with E-state index in [0.29, 0.717) is 32.0 Å². The number of benzene rings is 2. The number of fused-ring (bicyclic) bond motifs is 2. The molecule has 6 heteroatoms. The SMILES string of the molecule is CCOc1ccc(Br)cc1[C@@H]1CC(=O)Nc2cc3c(cc21)OCCO3. The molecule has 1 atom stereocenters. The molecule has 1 N–H and O–H groups in total. The first kappa shape index (κ1) is 16.3. The second-order valence-electron chi connectivity index (χ2n) is 6.00. The minimum Gasteiger partial charge on any atom is -0.494 e. The maximum atomic E-state index is 12.3. The van der Waals surface area contributed by atoms with Crippen LogP contribution < -0.4 is 19.5 Å². The van der Waals surface area contributed by atoms with Crippen LogP contribution in [0, 0.1) is 0 Å². The van der Waals surface area contributed by atoms with Crippen molar-refractivity contribution in [2.75, 3.05) is 25.1 Å². The fourth-order valence-electron chi connectivity index (χ4n) is 3.35. The van der Waals surface area contributed by atoms with Gasteiger partial charge in [0.25, 0.3) is 0 Å². The Morgan fingerprint density at radius 1 is 1.16 bits per heavy atom. The van der Waals surface area contributed by atoms with E-state index in [0.717, 1.165) is 32.8 Å². The van der Waals surface area contributed by atoms with Gasteiger partial charge in [-0.2, -0.15) is 0 Å². The summed E-state index contributed by atoms with van der Waals surface area (Å²) < 4.78 is 18.1. The van der Waals surface area contributed by atoms with Gasteiger partial charge in [-0.15, -0.1) is 0 Å². The molecular formula is C19H18BrNO4. The summed E-state index contributed by atoms with van der Waals surface area (Å²) in [4.78, 5) is 12.3. The van der Waals surface area contributed by atoms with Crippen molar-refractivity contribution >= 4 is 27.5 Å². The molecule has 0 bridgehead atoms. The van der Waals surface area contributed by atoms with Crippen LogP contribution >= 0.6 is 15.9 Å². The Bertz CT molecular complexity index is 836. The molecule has 2 aliphatic rings. The van der Waals surface area contributed by atoms with Gasteiger partial charge >= 0.3 is 0 Å². The van der Waals surface area contributed by atoms with Crippen LogP contribution in [0.3, 0.4) is 0 Å². The standard InChI is InChI=1S/C19H18BrNO4/c1-2-23-16-4-3-11(20)7-14(16)12-9-19(22)21-15-10-18-17(8-13(12)15)24-5-6-25-18/h3-4,7-8,10,12H,2,5-6,9H2,1H3,(H,21,22)/t12-/m1/s1. The maximum Gasteiger partial charge on any atom is 0.225 e. The van der Waals surface area contributed by atoms with Crippen molar-refractivity contribution in [2.24, 2.45) is 0 Å². The number of amides is 1. The lowest BCUT2D eigenvalue weighted by atomic mass is 9.84. The Kier molecular flexibility index (Phi) is 4.29. The molecule has 4 rings (SSSR count). The van der Waals surface area contributed by atoms with Crippen LogP contribution in [0.25, 0.3) is 0 Å². The van der Waals surface area contributed by atoms with Crippen LogP contribution in [0.5, 0.6) is 17.2 Å². The zero-order valence-corrected chi connectivity index (χ0v) is 15.4. The van der Waals surface area contributed by atoms with E-state index in [1.807, 2.05) is 37.3 Å². The summed E-state index contributed by atoms with van der Waals surface area (Å²) in [5.74, 6) is 2.07. The molecule has 0 saturated carbocycles. The summed E-state index contributed by atoms with van der Waals surface area (Å²) in [7, 11) is 0. The third-order valence-corrected chi connectivity index (χ3v) is 4.89. The zero-order valence-electron chi connectivity index (χ0n) is 13.8. The smallest absolute Gasteiger partial charge is 0.225 e. The molecule has 2 aromatic carbocycles. The Balaban J connectivity index is 1.85. The van der Waals surface area contributed by atoms with Crippen LogP contribution in [0.15, 0.2) is 34.8 Å². The largest absolute Gasteiger partial charge is 0.494 e. The number of rotatable bonds is 3. The Labute approximate surface area is 154 Å². The van der Waals surface area contributed by atoms with Crippen LogP contribution in [-0.2, 0) is 4.79 Å². The van der Waals surface area contributed by atoms with Crippen LogP contribution in [0.1, 0.15) is 30.4 Å². The van der Waals surface area contributed by atoms with Crippen LogP contribution in [0.2, 0.25) is 0 Å². The van der Waals surface area contributed by atoms with Gasteiger partial charge in [0.2, 0.25) is 5.91 Å². The van der Waals surface area contributed by atoms with Gasteiger partial charge in [0.1, 0.15) is 19.0 Å². The molecule has 25 heavy (non-hydrogen) atoms. The molecule has 130 valence electrons. The van der Waals surface area contributed by atoms with Crippen molar-refractivity contribution in [3.05, 3.63) is 45.9 Å². The van der Waals surface area contributed by atoms with Gasteiger partial charge in [0, 0.05) is 34.1 Å². The van der Waals surface area contributed by atoms with Crippen molar-refractivity contribution in [1.29, 1.82) is 0 Å². The number of nitrogens with one attached hydrogen (secondary N) is 1. The van der Waals surface area contributed by atoms with E-state index in [9.17, 15) is 4.79 Å². The van der Waals surface area contributed by atoms with E-state index in [-0.39, 0.29) is 11.8 Å². The predicted molar refractivity (Wildman–Crippen MR) is 97.8 cm³/mol. The van der Waals surface area contributed by atoms with Crippen molar-refractivity contribution in [2.45, 2.75) is 19.3 Å². The molecule has 0 unspecified atom stereocenters. The van der Waals surface area contributed by atoms with Crippen LogP contribution in [-0.4, -0.2) is 25.7 Å². The van der Waals surface area contributed by atoms with E-state index in [1.165, 1.54) is 0 Å². The van der Waals surface area contributed by atoms with Crippen molar-refractivity contribution in [3.8, 4) is 17.2 Å². The molecule has 0 saturated heterocycles. The second-order valence-corrected chi connectivity index (χ2v) is 6.92. The molecule has 0 aromatic heterocycles. The van der Waals surface area contributed by atoms with E-state index in [2.05, 4.69) is 21.2 Å². The first-order valence-electron chi connectivity index (χ1n) is 8.31. The molecule has 0 fully saturated rings. The highest BCUT2D eigenvalue weighted by molar-refractivity contribution is 9.10. The van der Waals surface area contributed by atoms with Crippen molar-refractivity contribution in [3.63, 3.8) is 0 Å². The summed E-state index contributed by atoms with van der Waals surface area (Å²) in [6.07, 6.45) is 0.364. The third-order valence-electron chi connectivity index (χ3n) is 4.40.